The van der Waals surface area contributed by atoms with Gasteiger partial charge >= 0.3 is 0 Å². The van der Waals surface area contributed by atoms with Crippen molar-refractivity contribution < 1.29 is 26.4 Å². The van der Waals surface area contributed by atoms with Crippen LogP contribution >= 0.6 is 0 Å². The topological polar surface area (TPSA) is 145 Å². The van der Waals surface area contributed by atoms with E-state index in [2.05, 4.69) is 10.0 Å². The summed E-state index contributed by atoms with van der Waals surface area (Å²) in [7, 11) is -6.33. The number of methoxy groups -OCH3 is 1. The molecule has 0 spiro atoms. The van der Waals surface area contributed by atoms with E-state index in [1.807, 2.05) is 0 Å². The number of carbonyl (C=O) groups is 1. The van der Waals surface area contributed by atoms with Crippen LogP contribution in [0, 0.1) is 0 Å². The van der Waals surface area contributed by atoms with Gasteiger partial charge in [0.1, 0.15) is 5.75 Å². The molecule has 2 atom stereocenters. The summed E-state index contributed by atoms with van der Waals surface area (Å²) < 4.78 is 55.1. The molecule has 0 saturated heterocycles. The molecule has 1 unspecified atom stereocenters. The van der Waals surface area contributed by atoms with E-state index in [9.17, 15) is 21.6 Å². The van der Waals surface area contributed by atoms with Crippen molar-refractivity contribution in [2.75, 3.05) is 7.11 Å². The van der Waals surface area contributed by atoms with Crippen LogP contribution in [0.3, 0.4) is 0 Å². The van der Waals surface area contributed by atoms with Gasteiger partial charge in [-0.15, -0.1) is 0 Å². The molecule has 2 aromatic carbocycles. The van der Waals surface area contributed by atoms with Gasteiger partial charge in [-0.3, -0.25) is 4.79 Å². The Morgan fingerprint density at radius 2 is 1.62 bits per heavy atom. The number of carbonyl (C=O) groups excluding carboxylic acids is 1. The Hall–Kier alpha value is -2.47. The first kappa shape index (κ1) is 22.8. The van der Waals surface area contributed by atoms with Crippen molar-refractivity contribution in [2.45, 2.75) is 35.7 Å². The molecule has 0 bridgehead atoms. The SMILES string of the molecule is COc1ccc(S(=O)(=O)N[C@@H](C)C(=O)NC(C)c2cccc(S(N)(=O)=O)c2)cc1. The van der Waals surface area contributed by atoms with Crippen LogP contribution in [0.15, 0.2) is 58.3 Å². The standard InChI is InChI=1S/C18H23N3O6S2/c1-12(14-5-4-6-17(11-14)28(19,23)24)20-18(22)13(2)21-29(25,26)16-9-7-15(27-3)8-10-16/h4-13,21H,1-3H3,(H,20,22)(H2,19,23,24)/t12?,13-/m0/s1. The number of primary sulfonamides is 1. The molecule has 2 rings (SSSR count). The summed E-state index contributed by atoms with van der Waals surface area (Å²) in [6, 6.07) is 9.94. The van der Waals surface area contributed by atoms with E-state index < -0.39 is 38.0 Å². The van der Waals surface area contributed by atoms with Gasteiger partial charge in [0, 0.05) is 0 Å². The molecule has 0 fully saturated rings. The van der Waals surface area contributed by atoms with E-state index in [1.165, 1.54) is 56.5 Å². The Morgan fingerprint density at radius 3 is 2.17 bits per heavy atom. The van der Waals surface area contributed by atoms with Gasteiger partial charge in [0.2, 0.25) is 26.0 Å². The Balaban J connectivity index is 2.08. The lowest BCUT2D eigenvalue weighted by Gasteiger charge is -2.19. The van der Waals surface area contributed by atoms with Crippen molar-refractivity contribution in [3.63, 3.8) is 0 Å². The quantitative estimate of drug-likeness (QED) is 0.555. The van der Waals surface area contributed by atoms with Gasteiger partial charge in [-0.05, 0) is 55.8 Å². The van der Waals surface area contributed by atoms with Gasteiger partial charge in [0.05, 0.1) is 29.0 Å². The van der Waals surface area contributed by atoms with Crippen LogP contribution in [0.1, 0.15) is 25.5 Å². The van der Waals surface area contributed by atoms with Crippen molar-refractivity contribution in [2.24, 2.45) is 5.14 Å². The molecule has 0 aliphatic carbocycles. The lowest BCUT2D eigenvalue weighted by Crippen LogP contribution is -2.45. The number of benzene rings is 2. The predicted molar refractivity (Wildman–Crippen MR) is 107 cm³/mol. The summed E-state index contributed by atoms with van der Waals surface area (Å²) >= 11 is 0. The second-order valence-electron chi connectivity index (χ2n) is 6.37. The third kappa shape index (κ3) is 6.00. The number of nitrogens with two attached hydrogens (primary N) is 1. The first-order valence-electron chi connectivity index (χ1n) is 8.53. The minimum Gasteiger partial charge on any atom is -0.497 e. The minimum atomic E-state index is -3.92. The predicted octanol–water partition coefficient (Wildman–Crippen LogP) is 0.887. The monoisotopic (exact) mass is 441 g/mol. The average molecular weight is 442 g/mol. The maximum absolute atomic E-state index is 12.4. The van der Waals surface area contributed by atoms with Crippen molar-refractivity contribution >= 4 is 26.0 Å². The van der Waals surface area contributed by atoms with E-state index in [4.69, 9.17) is 9.88 Å². The molecule has 0 aliphatic rings. The van der Waals surface area contributed by atoms with Gasteiger partial charge in [-0.2, -0.15) is 4.72 Å². The fraction of sp³-hybridized carbons (Fsp3) is 0.278. The van der Waals surface area contributed by atoms with Gasteiger partial charge in [-0.1, -0.05) is 12.1 Å². The van der Waals surface area contributed by atoms with Gasteiger partial charge in [0.15, 0.2) is 0 Å². The highest BCUT2D eigenvalue weighted by molar-refractivity contribution is 7.89. The largest absolute Gasteiger partial charge is 0.497 e. The molecule has 0 heterocycles. The zero-order valence-corrected chi connectivity index (χ0v) is 17.7. The second-order valence-corrected chi connectivity index (χ2v) is 9.64. The minimum absolute atomic E-state index is 0.00754. The lowest BCUT2D eigenvalue weighted by atomic mass is 10.1. The maximum atomic E-state index is 12.4. The molecule has 0 aliphatic heterocycles. The Kier molecular flexibility index (Phi) is 7.01. The van der Waals surface area contributed by atoms with E-state index in [1.54, 1.807) is 13.0 Å². The van der Waals surface area contributed by atoms with Crippen molar-refractivity contribution in [1.29, 1.82) is 0 Å². The summed E-state index contributed by atoms with van der Waals surface area (Å²) in [6.45, 7) is 3.05. The molecular weight excluding hydrogens is 418 g/mol. The van der Waals surface area contributed by atoms with Crippen LogP contribution in [0.5, 0.6) is 5.75 Å². The summed E-state index contributed by atoms with van der Waals surface area (Å²) in [5.74, 6) is -0.0686. The average Bonchev–Trinajstić information content (AvgIpc) is 2.67. The number of ether oxygens (including phenoxy) is 1. The summed E-state index contributed by atoms with van der Waals surface area (Å²) in [4.78, 5) is 12.3. The molecule has 29 heavy (non-hydrogen) atoms. The number of hydrogen-bond acceptors (Lipinski definition) is 6. The van der Waals surface area contributed by atoms with Crippen LogP contribution < -0.4 is 19.9 Å². The number of rotatable bonds is 8. The van der Waals surface area contributed by atoms with Gasteiger partial charge < -0.3 is 10.1 Å². The fourth-order valence-electron chi connectivity index (χ4n) is 2.49. The third-order valence-corrected chi connectivity index (χ3v) is 6.61. The Bertz CT molecular complexity index is 1080. The van der Waals surface area contributed by atoms with E-state index in [-0.39, 0.29) is 9.79 Å². The van der Waals surface area contributed by atoms with E-state index >= 15 is 0 Å². The number of amides is 1. The van der Waals surface area contributed by atoms with Crippen LogP contribution in [0.2, 0.25) is 0 Å². The van der Waals surface area contributed by atoms with Crippen LogP contribution in [0.4, 0.5) is 0 Å². The highest BCUT2D eigenvalue weighted by Gasteiger charge is 2.23. The molecule has 1 amide bonds. The Morgan fingerprint density at radius 1 is 1.00 bits per heavy atom. The molecule has 2 aromatic rings. The van der Waals surface area contributed by atoms with E-state index in [0.717, 1.165) is 0 Å². The molecule has 0 aromatic heterocycles. The molecule has 0 radical (unpaired) electrons. The van der Waals surface area contributed by atoms with Crippen LogP contribution in [-0.2, 0) is 24.8 Å². The third-order valence-electron chi connectivity index (χ3n) is 4.14. The lowest BCUT2D eigenvalue weighted by molar-refractivity contribution is -0.123. The fourth-order valence-corrected chi connectivity index (χ4v) is 4.26. The molecule has 0 saturated carbocycles. The number of hydrogen-bond donors (Lipinski definition) is 3. The molecule has 4 N–H and O–H groups in total. The maximum Gasteiger partial charge on any atom is 0.241 e. The molecule has 9 nitrogen and oxygen atoms in total. The first-order valence-corrected chi connectivity index (χ1v) is 11.6. The Labute approximate surface area is 170 Å². The highest BCUT2D eigenvalue weighted by atomic mass is 32.2. The van der Waals surface area contributed by atoms with E-state index in [0.29, 0.717) is 11.3 Å². The molecular formula is C18H23N3O6S2. The van der Waals surface area contributed by atoms with Crippen molar-refractivity contribution in [1.82, 2.24) is 10.0 Å². The molecule has 11 heteroatoms. The first-order chi connectivity index (χ1) is 13.4. The summed E-state index contributed by atoms with van der Waals surface area (Å²) in [6.07, 6.45) is 0. The number of nitrogens with one attached hydrogen (secondary N) is 2. The molecule has 158 valence electrons. The van der Waals surface area contributed by atoms with Crippen LogP contribution in [0.25, 0.3) is 0 Å². The normalized spacial score (nSPS) is 14.1. The number of sulfonamides is 2. The summed E-state index contributed by atoms with van der Waals surface area (Å²) in [5, 5.41) is 7.76. The smallest absolute Gasteiger partial charge is 0.241 e. The second kappa shape index (κ2) is 8.91. The van der Waals surface area contributed by atoms with Crippen molar-refractivity contribution in [3.05, 3.63) is 54.1 Å². The highest BCUT2D eigenvalue weighted by Crippen LogP contribution is 2.18. The zero-order chi connectivity index (χ0) is 21.8. The van der Waals surface area contributed by atoms with Gasteiger partial charge in [0.25, 0.3) is 0 Å². The zero-order valence-electron chi connectivity index (χ0n) is 16.1. The summed E-state index contributed by atoms with van der Waals surface area (Å²) in [5.41, 5.74) is 0.509. The van der Waals surface area contributed by atoms with Crippen molar-refractivity contribution in [3.8, 4) is 5.75 Å². The van der Waals surface area contributed by atoms with Crippen LogP contribution in [-0.4, -0.2) is 35.9 Å². The van der Waals surface area contributed by atoms with Gasteiger partial charge in [-0.25, -0.2) is 22.0 Å².